The first-order valence-corrected chi connectivity index (χ1v) is 5.52. The van der Waals surface area contributed by atoms with E-state index in [1.165, 1.54) is 6.39 Å². The van der Waals surface area contributed by atoms with Crippen LogP contribution in [0.4, 0.5) is 11.5 Å². The maximum Gasteiger partial charge on any atom is 0.213 e. The Morgan fingerprint density at radius 2 is 2.35 bits per heavy atom. The molecule has 0 aromatic carbocycles. The summed E-state index contributed by atoms with van der Waals surface area (Å²) in [6, 6.07) is 0. The Hall–Kier alpha value is -2.05. The molecule has 0 saturated carbocycles. The molecule has 0 aliphatic carbocycles. The number of nitrogen functional groups attached to an aromatic ring is 1. The van der Waals surface area contributed by atoms with Gasteiger partial charge >= 0.3 is 0 Å². The highest BCUT2D eigenvalue weighted by Gasteiger charge is 2.12. The highest BCUT2D eigenvalue weighted by molar-refractivity contribution is 5.64. The van der Waals surface area contributed by atoms with Gasteiger partial charge < -0.3 is 15.6 Å². The third kappa shape index (κ3) is 2.38. The van der Waals surface area contributed by atoms with Crippen molar-refractivity contribution in [2.75, 3.05) is 11.1 Å². The largest absolute Gasteiger partial charge is 0.394 e. The highest BCUT2D eigenvalue weighted by Crippen LogP contribution is 2.23. The molecular weight excluding hydrogens is 220 g/mol. The van der Waals surface area contributed by atoms with Crippen molar-refractivity contribution in [3.63, 3.8) is 0 Å². The summed E-state index contributed by atoms with van der Waals surface area (Å²) in [7, 11) is 1.86. The summed E-state index contributed by atoms with van der Waals surface area (Å²) in [5.41, 5.74) is 7.63. The molecule has 0 aliphatic rings. The number of hydrogen-bond acceptors (Lipinski definition) is 6. The lowest BCUT2D eigenvalue weighted by molar-refractivity contribution is 0.411. The van der Waals surface area contributed by atoms with Crippen molar-refractivity contribution < 1.29 is 4.52 Å². The number of anilines is 2. The van der Waals surface area contributed by atoms with Crippen LogP contribution in [0.5, 0.6) is 0 Å². The molecule has 0 unspecified atom stereocenters. The fourth-order valence-corrected chi connectivity index (χ4v) is 1.66. The van der Waals surface area contributed by atoms with Crippen LogP contribution in [0.3, 0.4) is 0 Å². The lowest BCUT2D eigenvalue weighted by Crippen LogP contribution is -2.07. The molecule has 2 heterocycles. The Labute approximate surface area is 99.0 Å². The van der Waals surface area contributed by atoms with Crippen LogP contribution in [0.25, 0.3) is 0 Å². The Morgan fingerprint density at radius 3 is 3.00 bits per heavy atom. The molecule has 0 amide bonds. The number of aryl methyl sites for hydroxylation is 2. The van der Waals surface area contributed by atoms with Crippen LogP contribution in [0.15, 0.2) is 10.9 Å². The van der Waals surface area contributed by atoms with Gasteiger partial charge in [0.1, 0.15) is 5.82 Å². The number of rotatable bonds is 5. The summed E-state index contributed by atoms with van der Waals surface area (Å²) in [4.78, 5) is 3.92. The predicted molar refractivity (Wildman–Crippen MR) is 63.2 cm³/mol. The SMILES string of the molecule is CCCc1nn(C)c(NCc2ncon2)c1N. The van der Waals surface area contributed by atoms with Crippen LogP contribution in [-0.4, -0.2) is 19.9 Å². The van der Waals surface area contributed by atoms with Gasteiger partial charge in [0.25, 0.3) is 0 Å². The van der Waals surface area contributed by atoms with Gasteiger partial charge in [0.15, 0.2) is 5.82 Å². The van der Waals surface area contributed by atoms with Gasteiger partial charge in [-0.15, -0.1) is 0 Å². The standard InChI is InChI=1S/C10H16N6O/c1-3-4-7-9(11)10(16(2)14-7)12-5-8-13-6-17-15-8/h6,12H,3-5,11H2,1-2H3. The van der Waals surface area contributed by atoms with E-state index in [4.69, 9.17) is 5.73 Å². The second-order valence-electron chi connectivity index (χ2n) is 3.78. The topological polar surface area (TPSA) is 94.8 Å². The zero-order chi connectivity index (χ0) is 12.3. The number of nitrogens with two attached hydrogens (primary N) is 1. The van der Waals surface area contributed by atoms with Crippen LogP contribution in [0, 0.1) is 0 Å². The number of nitrogens with zero attached hydrogens (tertiary/aromatic N) is 4. The van der Waals surface area contributed by atoms with E-state index in [2.05, 4.69) is 32.0 Å². The van der Waals surface area contributed by atoms with Crippen molar-refractivity contribution in [1.82, 2.24) is 19.9 Å². The average molecular weight is 236 g/mol. The van der Waals surface area contributed by atoms with Crippen molar-refractivity contribution in [1.29, 1.82) is 0 Å². The molecule has 0 spiro atoms. The quantitative estimate of drug-likeness (QED) is 0.802. The molecular formula is C10H16N6O. The molecule has 7 heteroatoms. The molecule has 0 bridgehead atoms. The highest BCUT2D eigenvalue weighted by atomic mass is 16.5. The molecule has 7 nitrogen and oxygen atoms in total. The molecule has 0 fully saturated rings. The molecule has 2 aromatic heterocycles. The molecule has 0 atom stereocenters. The van der Waals surface area contributed by atoms with Crippen molar-refractivity contribution in [3.05, 3.63) is 17.9 Å². The molecule has 92 valence electrons. The molecule has 0 saturated heterocycles. The van der Waals surface area contributed by atoms with Gasteiger partial charge in [0.05, 0.1) is 17.9 Å². The second kappa shape index (κ2) is 4.86. The van der Waals surface area contributed by atoms with Gasteiger partial charge in [-0.05, 0) is 6.42 Å². The van der Waals surface area contributed by atoms with E-state index in [9.17, 15) is 0 Å². The van der Waals surface area contributed by atoms with E-state index in [1.807, 2.05) is 7.05 Å². The molecule has 0 radical (unpaired) electrons. The third-order valence-corrected chi connectivity index (χ3v) is 2.47. The van der Waals surface area contributed by atoms with E-state index in [0.717, 1.165) is 24.4 Å². The zero-order valence-electron chi connectivity index (χ0n) is 9.97. The third-order valence-electron chi connectivity index (χ3n) is 2.47. The first-order valence-electron chi connectivity index (χ1n) is 5.52. The van der Waals surface area contributed by atoms with Crippen LogP contribution >= 0.6 is 0 Å². The monoisotopic (exact) mass is 236 g/mol. The van der Waals surface area contributed by atoms with Crippen LogP contribution in [0.1, 0.15) is 24.9 Å². The summed E-state index contributed by atoms with van der Waals surface area (Å²) < 4.78 is 6.39. The molecule has 17 heavy (non-hydrogen) atoms. The van der Waals surface area contributed by atoms with E-state index in [-0.39, 0.29) is 0 Å². The van der Waals surface area contributed by atoms with E-state index < -0.39 is 0 Å². The Balaban J connectivity index is 2.10. The number of aromatic nitrogens is 4. The number of hydrogen-bond donors (Lipinski definition) is 2. The first-order chi connectivity index (χ1) is 8.22. The minimum atomic E-state index is 0.464. The van der Waals surface area contributed by atoms with Crippen LogP contribution < -0.4 is 11.1 Å². The van der Waals surface area contributed by atoms with Crippen LogP contribution in [-0.2, 0) is 20.0 Å². The molecule has 2 rings (SSSR count). The summed E-state index contributed by atoms with van der Waals surface area (Å²) in [6.45, 7) is 2.56. The molecule has 3 N–H and O–H groups in total. The van der Waals surface area contributed by atoms with Crippen molar-refractivity contribution in [2.24, 2.45) is 7.05 Å². The van der Waals surface area contributed by atoms with E-state index in [0.29, 0.717) is 18.1 Å². The zero-order valence-corrected chi connectivity index (χ0v) is 9.97. The van der Waals surface area contributed by atoms with Crippen molar-refractivity contribution in [3.8, 4) is 0 Å². The van der Waals surface area contributed by atoms with Crippen molar-refractivity contribution >= 4 is 11.5 Å². The number of nitrogens with one attached hydrogen (secondary N) is 1. The van der Waals surface area contributed by atoms with Gasteiger partial charge in [-0.25, -0.2) is 0 Å². The van der Waals surface area contributed by atoms with Gasteiger partial charge in [-0.1, -0.05) is 18.5 Å². The Kier molecular flexibility index (Phi) is 3.27. The Morgan fingerprint density at radius 1 is 1.53 bits per heavy atom. The fourth-order valence-electron chi connectivity index (χ4n) is 1.66. The van der Waals surface area contributed by atoms with Gasteiger partial charge in [0, 0.05) is 7.05 Å². The van der Waals surface area contributed by atoms with Gasteiger partial charge in [-0.2, -0.15) is 10.1 Å². The normalized spacial score (nSPS) is 10.7. The Bertz CT molecular complexity index is 475. The summed E-state index contributed by atoms with van der Waals surface area (Å²) in [6.07, 6.45) is 3.20. The maximum atomic E-state index is 6.02. The van der Waals surface area contributed by atoms with E-state index in [1.54, 1.807) is 4.68 Å². The van der Waals surface area contributed by atoms with Crippen LogP contribution in [0.2, 0.25) is 0 Å². The minimum absolute atomic E-state index is 0.464. The fraction of sp³-hybridized carbons (Fsp3) is 0.500. The summed E-state index contributed by atoms with van der Waals surface area (Å²) in [5.74, 6) is 1.38. The van der Waals surface area contributed by atoms with Gasteiger partial charge in [-0.3, -0.25) is 4.68 Å². The molecule has 0 aliphatic heterocycles. The second-order valence-corrected chi connectivity index (χ2v) is 3.78. The average Bonchev–Trinajstić information content (AvgIpc) is 2.88. The maximum absolute atomic E-state index is 6.02. The molecule has 2 aromatic rings. The lowest BCUT2D eigenvalue weighted by atomic mass is 10.2. The summed E-state index contributed by atoms with van der Waals surface area (Å²) in [5, 5.41) is 11.2. The smallest absolute Gasteiger partial charge is 0.213 e. The van der Waals surface area contributed by atoms with Gasteiger partial charge in [0.2, 0.25) is 6.39 Å². The first kappa shape index (κ1) is 11.4. The van der Waals surface area contributed by atoms with Crippen molar-refractivity contribution in [2.45, 2.75) is 26.3 Å². The minimum Gasteiger partial charge on any atom is -0.394 e. The lowest BCUT2D eigenvalue weighted by Gasteiger charge is -2.04. The van der Waals surface area contributed by atoms with E-state index >= 15 is 0 Å². The predicted octanol–water partition coefficient (Wildman–Crippen LogP) is 0.950. The summed E-state index contributed by atoms with van der Waals surface area (Å²) >= 11 is 0.